The molecule has 0 aromatic heterocycles. The predicted molar refractivity (Wildman–Crippen MR) is 77.1 cm³/mol. The Kier molecular flexibility index (Phi) is 6.04. The number of hydrogen-bond acceptors (Lipinski definition) is 2. The fraction of sp³-hybridized carbons (Fsp3) is 0.625. The molecule has 144 valence electrons. The van der Waals surface area contributed by atoms with Crippen LogP contribution in [0.4, 0.5) is 30.7 Å². The molecule has 1 unspecified atom stereocenters. The van der Waals surface area contributed by atoms with Crippen molar-refractivity contribution in [2.45, 2.75) is 56.9 Å². The number of hydrogen-bond donors (Lipinski definition) is 0. The third-order valence-electron chi connectivity index (χ3n) is 3.33. The van der Waals surface area contributed by atoms with E-state index in [9.17, 15) is 30.7 Å². The lowest BCUT2D eigenvalue weighted by Crippen LogP contribution is -2.54. The summed E-state index contributed by atoms with van der Waals surface area (Å²) in [7, 11) is 0.908. The first-order chi connectivity index (χ1) is 11.1. The largest absolute Gasteiger partial charge is 0.488 e. The van der Waals surface area contributed by atoms with Gasteiger partial charge in [-0.3, -0.25) is 0 Å². The van der Waals surface area contributed by atoms with Crippen molar-refractivity contribution < 1.29 is 40.2 Å². The maximum atomic E-state index is 14.0. The summed E-state index contributed by atoms with van der Waals surface area (Å²) >= 11 is 0. The van der Waals surface area contributed by atoms with E-state index in [1.165, 1.54) is 24.3 Å². The first kappa shape index (κ1) is 21.5. The van der Waals surface area contributed by atoms with Crippen LogP contribution in [0.1, 0.15) is 38.9 Å². The third kappa shape index (κ3) is 4.99. The molecule has 0 fully saturated rings. The molecule has 1 aromatic carbocycles. The minimum Gasteiger partial charge on any atom is -0.488 e. The molecule has 9 heteroatoms. The van der Waals surface area contributed by atoms with Crippen molar-refractivity contribution in [2.75, 3.05) is 7.11 Å². The average molecular weight is 376 g/mol. The van der Waals surface area contributed by atoms with Crippen LogP contribution in [0.25, 0.3) is 0 Å². The van der Waals surface area contributed by atoms with Crippen LogP contribution in [0.15, 0.2) is 24.3 Å². The van der Waals surface area contributed by atoms with E-state index in [0.717, 1.165) is 7.11 Å². The van der Waals surface area contributed by atoms with Gasteiger partial charge in [0.15, 0.2) is 0 Å². The number of benzene rings is 1. The normalized spacial score (nSPS) is 15.2. The lowest BCUT2D eigenvalue weighted by Gasteiger charge is -2.33. The van der Waals surface area contributed by atoms with Crippen LogP contribution in [-0.2, 0) is 4.74 Å². The molecule has 2 nitrogen and oxygen atoms in total. The van der Waals surface area contributed by atoms with Crippen LogP contribution in [-0.4, -0.2) is 30.7 Å². The molecule has 1 atom stereocenters. The van der Waals surface area contributed by atoms with Gasteiger partial charge in [-0.25, -0.2) is 4.39 Å². The minimum absolute atomic E-state index is 0.0218. The van der Waals surface area contributed by atoms with Crippen LogP contribution >= 0.6 is 0 Å². The molecule has 1 aromatic rings. The van der Waals surface area contributed by atoms with E-state index in [0.29, 0.717) is 0 Å². The van der Waals surface area contributed by atoms with Crippen LogP contribution in [0.5, 0.6) is 5.75 Å². The van der Waals surface area contributed by atoms with Gasteiger partial charge in [-0.15, -0.1) is 0 Å². The van der Waals surface area contributed by atoms with E-state index in [1.807, 2.05) is 0 Å². The van der Waals surface area contributed by atoms with Gasteiger partial charge in [-0.1, -0.05) is 18.2 Å². The molecule has 0 saturated carbocycles. The van der Waals surface area contributed by atoms with E-state index in [1.54, 1.807) is 20.8 Å². The predicted octanol–water partition coefficient (Wildman–Crippen LogP) is 5.77. The van der Waals surface area contributed by atoms with Gasteiger partial charge in [0.05, 0.1) is 6.10 Å². The summed E-state index contributed by atoms with van der Waals surface area (Å²) in [6.07, 6.45) is -16.1. The highest BCUT2D eigenvalue weighted by Gasteiger charge is 2.72. The van der Waals surface area contributed by atoms with Gasteiger partial charge in [0.1, 0.15) is 11.4 Å². The zero-order valence-corrected chi connectivity index (χ0v) is 14.1. The van der Waals surface area contributed by atoms with E-state index < -0.39 is 36.1 Å². The van der Waals surface area contributed by atoms with Crippen molar-refractivity contribution in [3.63, 3.8) is 0 Å². The molecule has 25 heavy (non-hydrogen) atoms. The van der Waals surface area contributed by atoms with Gasteiger partial charge in [0, 0.05) is 19.1 Å². The highest BCUT2D eigenvalue weighted by atomic mass is 19.4. The zero-order valence-electron chi connectivity index (χ0n) is 14.1. The quantitative estimate of drug-likeness (QED) is 0.607. The molecule has 0 aliphatic carbocycles. The summed E-state index contributed by atoms with van der Waals surface area (Å²) in [5, 5.41) is 0. The highest BCUT2D eigenvalue weighted by molar-refractivity contribution is 5.36. The summed E-state index contributed by atoms with van der Waals surface area (Å²) in [6.45, 7) is 4.95. The number of ether oxygens (including phenoxy) is 2. The Morgan fingerprint density at radius 1 is 0.880 bits per heavy atom. The van der Waals surface area contributed by atoms with Crippen LogP contribution in [0.2, 0.25) is 0 Å². The number of para-hydroxylation sites is 1. The summed E-state index contributed by atoms with van der Waals surface area (Å²) in [5.74, 6) is 0.0218. The van der Waals surface area contributed by atoms with Gasteiger partial charge in [0.25, 0.3) is 0 Å². The fourth-order valence-electron chi connectivity index (χ4n) is 2.14. The van der Waals surface area contributed by atoms with Crippen LogP contribution in [0.3, 0.4) is 0 Å². The van der Waals surface area contributed by atoms with Crippen molar-refractivity contribution >= 4 is 0 Å². The van der Waals surface area contributed by atoms with Crippen molar-refractivity contribution in [3.8, 4) is 5.75 Å². The van der Waals surface area contributed by atoms with Crippen LogP contribution in [0, 0.1) is 0 Å². The van der Waals surface area contributed by atoms with Gasteiger partial charge in [-0.05, 0) is 26.8 Å². The van der Waals surface area contributed by atoms with Gasteiger partial charge >= 0.3 is 18.0 Å². The Balaban J connectivity index is 3.32. The first-order valence-corrected chi connectivity index (χ1v) is 7.25. The first-order valence-electron chi connectivity index (χ1n) is 7.25. The Morgan fingerprint density at radius 2 is 1.36 bits per heavy atom. The van der Waals surface area contributed by atoms with E-state index in [4.69, 9.17) is 9.47 Å². The van der Waals surface area contributed by atoms with Gasteiger partial charge in [-0.2, -0.15) is 26.3 Å². The Hall–Kier alpha value is -1.51. The fourth-order valence-corrected chi connectivity index (χ4v) is 2.14. The second-order valence-corrected chi connectivity index (χ2v) is 6.48. The van der Waals surface area contributed by atoms with E-state index in [-0.39, 0.29) is 11.3 Å². The number of alkyl halides is 7. The third-order valence-corrected chi connectivity index (χ3v) is 3.33. The molecule has 0 N–H and O–H groups in total. The number of rotatable bonds is 5. The lowest BCUT2D eigenvalue weighted by molar-refractivity contribution is -0.348. The Labute approximate surface area is 140 Å². The number of halogens is 7. The maximum Gasteiger partial charge on any atom is 0.431 e. The smallest absolute Gasteiger partial charge is 0.431 e. The summed E-state index contributed by atoms with van der Waals surface area (Å²) in [5.41, 5.74) is -6.28. The summed E-state index contributed by atoms with van der Waals surface area (Å²) < 4.78 is 101. The topological polar surface area (TPSA) is 18.5 Å². The molecule has 1 rings (SSSR count). The molecular formula is C16H19F7O2. The minimum atomic E-state index is -6.14. The lowest BCUT2D eigenvalue weighted by atomic mass is 9.92. The van der Waals surface area contributed by atoms with Crippen LogP contribution < -0.4 is 4.74 Å². The number of methoxy groups -OCH3 is 1. The molecule has 0 amide bonds. The molecular weight excluding hydrogens is 357 g/mol. The molecule has 0 radical (unpaired) electrons. The standard InChI is InChI=1S/C16H19F7O2/c1-13(2,3)25-11-8-6-5-7-10(11)12(24-4)9-14(17,15(18,19)20)16(21,22)23/h5-8,12H,9H2,1-4H3. The molecule has 0 aliphatic rings. The summed E-state index contributed by atoms with van der Waals surface area (Å²) in [4.78, 5) is 0. The zero-order chi connectivity index (χ0) is 19.7. The van der Waals surface area contributed by atoms with Crippen molar-refractivity contribution in [3.05, 3.63) is 29.8 Å². The van der Waals surface area contributed by atoms with Gasteiger partial charge in [0.2, 0.25) is 0 Å². The highest BCUT2D eigenvalue weighted by Crippen LogP contribution is 2.51. The molecule has 0 heterocycles. The van der Waals surface area contributed by atoms with Gasteiger partial charge < -0.3 is 9.47 Å². The molecule has 0 spiro atoms. The molecule has 0 bridgehead atoms. The summed E-state index contributed by atoms with van der Waals surface area (Å²) in [6, 6.07) is 5.49. The Morgan fingerprint density at radius 3 is 1.76 bits per heavy atom. The van der Waals surface area contributed by atoms with E-state index >= 15 is 0 Å². The maximum absolute atomic E-state index is 14.0. The monoisotopic (exact) mass is 376 g/mol. The van der Waals surface area contributed by atoms with Crippen molar-refractivity contribution in [1.29, 1.82) is 0 Å². The second kappa shape index (κ2) is 7.01. The average Bonchev–Trinajstić information content (AvgIpc) is 2.41. The molecule has 0 aliphatic heterocycles. The van der Waals surface area contributed by atoms with E-state index in [2.05, 4.69) is 0 Å². The molecule has 0 saturated heterocycles. The van der Waals surface area contributed by atoms with Crippen molar-refractivity contribution in [2.24, 2.45) is 0 Å². The Bertz CT molecular complexity index is 559. The second-order valence-electron chi connectivity index (χ2n) is 6.48. The SMILES string of the molecule is COC(CC(F)(C(F)(F)F)C(F)(F)F)c1ccccc1OC(C)(C)C. The van der Waals surface area contributed by atoms with Crippen molar-refractivity contribution in [1.82, 2.24) is 0 Å².